The standard InChI is InChI=1S/C29H30F2N4O2/c1-18(2)35-16-22(23(17-35)29(37)33-21-12-13-24(30)25(31)15-21)20-10-7-19(8-11-20)9-14-28(36)34-27-6-4-3-5-26(27)32/h3-15,18,22-23H,16-17,32H2,1-2H3,(H,33,37)(H,34,36)/b14-9+. The molecule has 0 aromatic heterocycles. The van der Waals surface area contributed by atoms with Crippen LogP contribution >= 0.6 is 0 Å². The van der Waals surface area contributed by atoms with Gasteiger partial charge in [0, 0.05) is 42.9 Å². The molecule has 2 unspecified atom stereocenters. The van der Waals surface area contributed by atoms with E-state index in [0.29, 0.717) is 24.5 Å². The van der Waals surface area contributed by atoms with Gasteiger partial charge in [0.2, 0.25) is 11.8 Å². The number of para-hydroxylation sites is 2. The predicted molar refractivity (Wildman–Crippen MR) is 143 cm³/mol. The average molecular weight is 505 g/mol. The molecule has 4 N–H and O–H groups in total. The first kappa shape index (κ1) is 26.0. The third-order valence-electron chi connectivity index (χ3n) is 6.61. The first-order valence-corrected chi connectivity index (χ1v) is 12.1. The number of benzene rings is 3. The Morgan fingerprint density at radius 1 is 0.973 bits per heavy atom. The van der Waals surface area contributed by atoms with Gasteiger partial charge < -0.3 is 16.4 Å². The van der Waals surface area contributed by atoms with E-state index < -0.39 is 11.6 Å². The minimum Gasteiger partial charge on any atom is -0.397 e. The first-order chi connectivity index (χ1) is 17.7. The Bertz CT molecular complexity index is 1310. The molecule has 0 aliphatic carbocycles. The van der Waals surface area contributed by atoms with Gasteiger partial charge in [-0.2, -0.15) is 0 Å². The van der Waals surface area contributed by atoms with Gasteiger partial charge in [-0.3, -0.25) is 14.5 Å². The normalized spacial score (nSPS) is 17.9. The maximum absolute atomic E-state index is 13.6. The number of halogens is 2. The molecular formula is C29H30F2N4O2. The maximum Gasteiger partial charge on any atom is 0.248 e. The van der Waals surface area contributed by atoms with Crippen LogP contribution in [0.3, 0.4) is 0 Å². The second kappa shape index (κ2) is 11.3. The smallest absolute Gasteiger partial charge is 0.248 e. The van der Waals surface area contributed by atoms with Crippen LogP contribution in [0.1, 0.15) is 30.9 Å². The van der Waals surface area contributed by atoms with E-state index in [4.69, 9.17) is 5.73 Å². The highest BCUT2D eigenvalue weighted by atomic mass is 19.2. The Balaban J connectivity index is 1.45. The molecule has 4 rings (SSSR count). The fourth-order valence-corrected chi connectivity index (χ4v) is 4.48. The Morgan fingerprint density at radius 2 is 1.70 bits per heavy atom. The van der Waals surface area contributed by atoms with Crippen LogP contribution in [-0.4, -0.2) is 35.8 Å². The molecule has 192 valence electrons. The lowest BCUT2D eigenvalue weighted by molar-refractivity contribution is -0.120. The van der Waals surface area contributed by atoms with Crippen molar-refractivity contribution in [1.29, 1.82) is 0 Å². The van der Waals surface area contributed by atoms with Gasteiger partial charge >= 0.3 is 0 Å². The lowest BCUT2D eigenvalue weighted by Gasteiger charge is -2.20. The lowest BCUT2D eigenvalue weighted by atomic mass is 9.88. The molecule has 0 bridgehead atoms. The van der Waals surface area contributed by atoms with Crippen molar-refractivity contribution >= 4 is 35.0 Å². The molecular weight excluding hydrogens is 474 g/mol. The topological polar surface area (TPSA) is 87.5 Å². The van der Waals surface area contributed by atoms with Gasteiger partial charge in [0.25, 0.3) is 0 Å². The number of hydrogen-bond acceptors (Lipinski definition) is 4. The number of nitrogens with two attached hydrogens (primary N) is 1. The number of hydrogen-bond donors (Lipinski definition) is 3. The van der Waals surface area contributed by atoms with Gasteiger partial charge in [0.15, 0.2) is 11.6 Å². The van der Waals surface area contributed by atoms with Crippen molar-refractivity contribution in [2.45, 2.75) is 25.8 Å². The molecule has 3 aromatic rings. The van der Waals surface area contributed by atoms with Gasteiger partial charge in [0.1, 0.15) is 0 Å². The quantitative estimate of drug-likeness (QED) is 0.303. The van der Waals surface area contributed by atoms with E-state index in [2.05, 4.69) is 29.4 Å². The zero-order valence-electron chi connectivity index (χ0n) is 20.7. The summed E-state index contributed by atoms with van der Waals surface area (Å²) in [5.41, 5.74) is 8.96. The zero-order chi connectivity index (χ0) is 26.5. The average Bonchev–Trinajstić information content (AvgIpc) is 3.33. The second-order valence-corrected chi connectivity index (χ2v) is 9.46. The van der Waals surface area contributed by atoms with Crippen LogP contribution < -0.4 is 16.4 Å². The number of nitrogens with zero attached hydrogens (tertiary/aromatic N) is 1. The van der Waals surface area contributed by atoms with Crippen molar-refractivity contribution in [3.05, 3.63) is 95.6 Å². The highest BCUT2D eigenvalue weighted by Gasteiger charge is 2.39. The number of carbonyl (C=O) groups is 2. The van der Waals surface area contributed by atoms with Crippen LogP contribution in [0.2, 0.25) is 0 Å². The molecule has 1 aliphatic rings. The molecule has 1 aliphatic heterocycles. The van der Waals surface area contributed by atoms with Crippen molar-refractivity contribution in [3.8, 4) is 0 Å². The van der Waals surface area contributed by atoms with Crippen LogP contribution in [0.25, 0.3) is 6.08 Å². The zero-order valence-corrected chi connectivity index (χ0v) is 20.7. The summed E-state index contributed by atoms with van der Waals surface area (Å²) in [6, 6.07) is 18.3. The summed E-state index contributed by atoms with van der Waals surface area (Å²) < 4.78 is 26.9. The molecule has 1 fully saturated rings. The third-order valence-corrected chi connectivity index (χ3v) is 6.61. The van der Waals surface area contributed by atoms with Gasteiger partial charge in [-0.1, -0.05) is 36.4 Å². The molecule has 2 atom stereocenters. The van der Waals surface area contributed by atoms with Crippen LogP contribution in [0.5, 0.6) is 0 Å². The van der Waals surface area contributed by atoms with E-state index in [1.54, 1.807) is 30.3 Å². The first-order valence-electron chi connectivity index (χ1n) is 12.1. The van der Waals surface area contributed by atoms with Crippen LogP contribution in [-0.2, 0) is 9.59 Å². The summed E-state index contributed by atoms with van der Waals surface area (Å²) in [7, 11) is 0. The van der Waals surface area contributed by atoms with Crippen molar-refractivity contribution < 1.29 is 18.4 Å². The number of anilines is 3. The van der Waals surface area contributed by atoms with Crippen molar-refractivity contribution in [1.82, 2.24) is 4.90 Å². The summed E-state index contributed by atoms with van der Waals surface area (Å²) in [5.74, 6) is -2.93. The molecule has 0 saturated carbocycles. The summed E-state index contributed by atoms with van der Waals surface area (Å²) in [6.45, 7) is 5.41. The Labute approximate surface area is 215 Å². The number of rotatable bonds is 7. The van der Waals surface area contributed by atoms with E-state index in [1.165, 1.54) is 12.1 Å². The van der Waals surface area contributed by atoms with E-state index in [-0.39, 0.29) is 35.4 Å². The minimum absolute atomic E-state index is 0.0740. The number of amides is 2. The van der Waals surface area contributed by atoms with Crippen molar-refractivity contribution in [2.75, 3.05) is 29.5 Å². The molecule has 3 aromatic carbocycles. The number of carbonyl (C=O) groups excluding carboxylic acids is 2. The number of likely N-dealkylation sites (tertiary alicyclic amines) is 1. The fraction of sp³-hybridized carbons (Fsp3) is 0.241. The molecule has 1 heterocycles. The molecule has 1 saturated heterocycles. The number of nitrogen functional groups attached to an aromatic ring is 1. The van der Waals surface area contributed by atoms with Crippen LogP contribution in [0.4, 0.5) is 25.8 Å². The summed E-state index contributed by atoms with van der Waals surface area (Å²) in [4.78, 5) is 27.7. The fourth-order valence-electron chi connectivity index (χ4n) is 4.48. The third kappa shape index (κ3) is 6.40. The summed E-state index contributed by atoms with van der Waals surface area (Å²) in [5, 5.41) is 5.49. The highest BCUT2D eigenvalue weighted by Crippen LogP contribution is 2.35. The summed E-state index contributed by atoms with van der Waals surface area (Å²) >= 11 is 0. The SMILES string of the molecule is CC(C)N1CC(C(=O)Nc2ccc(F)c(F)c2)C(c2ccc(/C=C/C(=O)Nc3ccccc3N)cc2)C1. The Kier molecular flexibility index (Phi) is 7.98. The molecule has 2 amide bonds. The molecule has 37 heavy (non-hydrogen) atoms. The second-order valence-electron chi connectivity index (χ2n) is 9.46. The van der Waals surface area contributed by atoms with Gasteiger partial charge in [-0.15, -0.1) is 0 Å². The largest absolute Gasteiger partial charge is 0.397 e. The molecule has 0 radical (unpaired) electrons. The highest BCUT2D eigenvalue weighted by molar-refractivity contribution is 6.03. The Hall–Kier alpha value is -4.04. The van der Waals surface area contributed by atoms with Gasteiger partial charge in [-0.25, -0.2) is 8.78 Å². The molecule has 6 nitrogen and oxygen atoms in total. The van der Waals surface area contributed by atoms with E-state index in [9.17, 15) is 18.4 Å². The maximum atomic E-state index is 13.6. The van der Waals surface area contributed by atoms with E-state index in [1.807, 2.05) is 24.3 Å². The Morgan fingerprint density at radius 3 is 2.38 bits per heavy atom. The predicted octanol–water partition coefficient (Wildman–Crippen LogP) is 5.26. The van der Waals surface area contributed by atoms with Gasteiger partial charge in [-0.05, 0) is 55.3 Å². The van der Waals surface area contributed by atoms with Crippen LogP contribution in [0, 0.1) is 17.6 Å². The van der Waals surface area contributed by atoms with Crippen molar-refractivity contribution in [3.63, 3.8) is 0 Å². The molecule has 0 spiro atoms. The van der Waals surface area contributed by atoms with Crippen LogP contribution in [0.15, 0.2) is 72.8 Å². The number of nitrogens with one attached hydrogen (secondary N) is 2. The van der Waals surface area contributed by atoms with E-state index >= 15 is 0 Å². The molecule has 8 heteroatoms. The lowest BCUT2D eigenvalue weighted by Crippen LogP contribution is -2.31. The van der Waals surface area contributed by atoms with E-state index in [0.717, 1.165) is 23.3 Å². The minimum atomic E-state index is -1.01. The monoisotopic (exact) mass is 504 g/mol. The summed E-state index contributed by atoms with van der Waals surface area (Å²) in [6.07, 6.45) is 3.15. The van der Waals surface area contributed by atoms with Gasteiger partial charge in [0.05, 0.1) is 17.3 Å². The van der Waals surface area contributed by atoms with Crippen molar-refractivity contribution in [2.24, 2.45) is 5.92 Å².